The number of carboxylic acid groups (broad SMARTS) is 1. The van der Waals surface area contributed by atoms with Crippen molar-refractivity contribution in [2.75, 3.05) is 39.3 Å². The predicted octanol–water partition coefficient (Wildman–Crippen LogP) is 2.54. The van der Waals surface area contributed by atoms with Gasteiger partial charge in [0.25, 0.3) is 0 Å². The molecule has 0 aliphatic carbocycles. The molecule has 1 aliphatic heterocycles. The lowest BCUT2D eigenvalue weighted by atomic mass is 9.93. The van der Waals surface area contributed by atoms with Gasteiger partial charge >= 0.3 is 5.97 Å². The van der Waals surface area contributed by atoms with Gasteiger partial charge in [-0.15, -0.1) is 0 Å². The second-order valence-corrected chi connectivity index (χ2v) is 6.50. The summed E-state index contributed by atoms with van der Waals surface area (Å²) in [5.41, 5.74) is 0. The van der Waals surface area contributed by atoms with Gasteiger partial charge in [-0.2, -0.15) is 0 Å². The van der Waals surface area contributed by atoms with Crippen LogP contribution in [0.4, 0.5) is 0 Å². The number of hydrogen-bond donors (Lipinski definition) is 1. The van der Waals surface area contributed by atoms with E-state index in [4.69, 9.17) is 5.11 Å². The largest absolute Gasteiger partial charge is 0.481 e. The van der Waals surface area contributed by atoms with Gasteiger partial charge < -0.3 is 14.9 Å². The summed E-state index contributed by atoms with van der Waals surface area (Å²) in [6.45, 7) is 13.3. The standard InChI is InChI=1S/C16H32N2O2/c1-4-17(13-14(2)3)9-5-15-6-10-18(11-7-15)12-8-16(19)20/h14-15H,4-13H2,1-3H3,(H,19,20). The highest BCUT2D eigenvalue weighted by molar-refractivity contribution is 5.66. The fraction of sp³-hybridized carbons (Fsp3) is 0.938. The first-order valence-corrected chi connectivity index (χ1v) is 8.17. The molecule has 0 amide bonds. The molecule has 0 aromatic carbocycles. The second kappa shape index (κ2) is 9.35. The van der Waals surface area contributed by atoms with Gasteiger partial charge in [0.05, 0.1) is 6.42 Å². The van der Waals surface area contributed by atoms with Crippen molar-refractivity contribution in [2.45, 2.75) is 46.5 Å². The van der Waals surface area contributed by atoms with Crippen molar-refractivity contribution in [1.82, 2.24) is 9.80 Å². The molecule has 1 aliphatic rings. The van der Waals surface area contributed by atoms with Crippen LogP contribution in [0.2, 0.25) is 0 Å². The van der Waals surface area contributed by atoms with Gasteiger partial charge in [-0.25, -0.2) is 0 Å². The molecule has 1 fully saturated rings. The molecule has 1 heterocycles. The van der Waals surface area contributed by atoms with Crippen LogP contribution in [0.15, 0.2) is 0 Å². The Morgan fingerprint density at radius 2 is 2.00 bits per heavy atom. The van der Waals surface area contributed by atoms with Crippen molar-refractivity contribution in [1.29, 1.82) is 0 Å². The minimum atomic E-state index is -0.681. The molecule has 0 atom stereocenters. The van der Waals surface area contributed by atoms with Crippen molar-refractivity contribution < 1.29 is 9.90 Å². The number of nitrogens with zero attached hydrogens (tertiary/aromatic N) is 2. The maximum Gasteiger partial charge on any atom is 0.304 e. The third kappa shape index (κ3) is 7.25. The summed E-state index contributed by atoms with van der Waals surface area (Å²) >= 11 is 0. The fourth-order valence-corrected chi connectivity index (χ4v) is 3.01. The summed E-state index contributed by atoms with van der Waals surface area (Å²) < 4.78 is 0. The van der Waals surface area contributed by atoms with E-state index in [1.54, 1.807) is 0 Å². The normalized spacial score (nSPS) is 18.1. The fourth-order valence-electron chi connectivity index (χ4n) is 3.01. The molecule has 1 N–H and O–H groups in total. The average Bonchev–Trinajstić information content (AvgIpc) is 2.41. The first-order valence-electron chi connectivity index (χ1n) is 8.17. The number of carbonyl (C=O) groups is 1. The molecule has 0 unspecified atom stereocenters. The Bertz CT molecular complexity index is 274. The maximum absolute atomic E-state index is 10.6. The van der Waals surface area contributed by atoms with Crippen LogP contribution in [0.25, 0.3) is 0 Å². The van der Waals surface area contributed by atoms with Gasteiger partial charge in [-0.05, 0) is 57.3 Å². The maximum atomic E-state index is 10.6. The Hall–Kier alpha value is -0.610. The molecule has 0 aromatic heterocycles. The summed E-state index contributed by atoms with van der Waals surface area (Å²) in [6, 6.07) is 0. The average molecular weight is 284 g/mol. The van der Waals surface area contributed by atoms with Crippen LogP contribution in [-0.2, 0) is 4.79 Å². The Balaban J connectivity index is 2.16. The summed E-state index contributed by atoms with van der Waals surface area (Å²) in [7, 11) is 0. The number of likely N-dealkylation sites (tertiary alicyclic amines) is 1. The first kappa shape index (κ1) is 17.4. The van der Waals surface area contributed by atoms with E-state index in [0.29, 0.717) is 0 Å². The number of rotatable bonds is 9. The van der Waals surface area contributed by atoms with Gasteiger partial charge in [0.2, 0.25) is 0 Å². The van der Waals surface area contributed by atoms with Crippen LogP contribution < -0.4 is 0 Å². The monoisotopic (exact) mass is 284 g/mol. The Labute approximate surface area is 124 Å². The minimum absolute atomic E-state index is 0.280. The minimum Gasteiger partial charge on any atom is -0.481 e. The van der Waals surface area contributed by atoms with Crippen LogP contribution in [-0.4, -0.2) is 60.1 Å². The first-order chi connectivity index (χ1) is 9.51. The number of carboxylic acids is 1. The molecule has 0 aromatic rings. The molecule has 0 bridgehead atoms. The van der Waals surface area contributed by atoms with E-state index in [2.05, 4.69) is 30.6 Å². The van der Waals surface area contributed by atoms with Crippen LogP contribution in [0.3, 0.4) is 0 Å². The van der Waals surface area contributed by atoms with Gasteiger partial charge in [0.15, 0.2) is 0 Å². The van der Waals surface area contributed by atoms with Crippen molar-refractivity contribution in [3.8, 4) is 0 Å². The smallest absolute Gasteiger partial charge is 0.304 e. The molecule has 1 saturated heterocycles. The van der Waals surface area contributed by atoms with Gasteiger partial charge in [0.1, 0.15) is 0 Å². The lowest BCUT2D eigenvalue weighted by Gasteiger charge is -2.33. The van der Waals surface area contributed by atoms with Crippen molar-refractivity contribution in [3.63, 3.8) is 0 Å². The Morgan fingerprint density at radius 1 is 1.35 bits per heavy atom. The molecule has 4 heteroatoms. The summed E-state index contributed by atoms with van der Waals surface area (Å²) in [5.74, 6) is 0.893. The highest BCUT2D eigenvalue weighted by Gasteiger charge is 2.20. The van der Waals surface area contributed by atoms with E-state index >= 15 is 0 Å². The molecule has 0 spiro atoms. The van der Waals surface area contributed by atoms with E-state index in [-0.39, 0.29) is 6.42 Å². The molecule has 0 radical (unpaired) electrons. The molecule has 1 rings (SSSR count). The molecule has 4 nitrogen and oxygen atoms in total. The van der Waals surface area contributed by atoms with Crippen molar-refractivity contribution in [2.24, 2.45) is 11.8 Å². The quantitative estimate of drug-likeness (QED) is 0.706. The number of hydrogen-bond acceptors (Lipinski definition) is 3. The molecule has 118 valence electrons. The van der Waals surface area contributed by atoms with Crippen LogP contribution in [0.1, 0.15) is 46.5 Å². The van der Waals surface area contributed by atoms with Crippen molar-refractivity contribution >= 4 is 5.97 Å². The zero-order valence-corrected chi connectivity index (χ0v) is 13.5. The predicted molar refractivity (Wildman–Crippen MR) is 83.0 cm³/mol. The van der Waals surface area contributed by atoms with E-state index in [1.807, 2.05) is 0 Å². The molecular formula is C16H32N2O2. The number of piperidine rings is 1. The molecule has 20 heavy (non-hydrogen) atoms. The second-order valence-electron chi connectivity index (χ2n) is 6.50. The zero-order valence-electron chi connectivity index (χ0n) is 13.5. The van der Waals surface area contributed by atoms with Gasteiger partial charge in [-0.3, -0.25) is 4.79 Å². The van der Waals surface area contributed by atoms with Gasteiger partial charge in [-0.1, -0.05) is 20.8 Å². The summed E-state index contributed by atoms with van der Waals surface area (Å²) in [6.07, 6.45) is 4.05. The van der Waals surface area contributed by atoms with E-state index in [1.165, 1.54) is 32.4 Å². The van der Waals surface area contributed by atoms with E-state index < -0.39 is 5.97 Å². The summed E-state index contributed by atoms with van der Waals surface area (Å²) in [4.78, 5) is 15.4. The zero-order chi connectivity index (χ0) is 15.0. The highest BCUT2D eigenvalue weighted by atomic mass is 16.4. The molecular weight excluding hydrogens is 252 g/mol. The van der Waals surface area contributed by atoms with Crippen LogP contribution in [0.5, 0.6) is 0 Å². The number of aliphatic carboxylic acids is 1. The lowest BCUT2D eigenvalue weighted by molar-refractivity contribution is -0.137. The Kier molecular flexibility index (Phi) is 8.15. The third-order valence-electron chi connectivity index (χ3n) is 4.27. The topological polar surface area (TPSA) is 43.8 Å². The highest BCUT2D eigenvalue weighted by Crippen LogP contribution is 2.21. The Morgan fingerprint density at radius 3 is 2.50 bits per heavy atom. The third-order valence-corrected chi connectivity index (χ3v) is 4.27. The molecule has 0 saturated carbocycles. The van der Waals surface area contributed by atoms with Gasteiger partial charge in [0, 0.05) is 13.1 Å². The summed E-state index contributed by atoms with van der Waals surface area (Å²) in [5, 5.41) is 8.71. The van der Waals surface area contributed by atoms with E-state index in [9.17, 15) is 4.79 Å². The van der Waals surface area contributed by atoms with Crippen molar-refractivity contribution in [3.05, 3.63) is 0 Å². The van der Waals surface area contributed by atoms with E-state index in [0.717, 1.165) is 38.0 Å². The van der Waals surface area contributed by atoms with Crippen LogP contribution >= 0.6 is 0 Å². The lowest BCUT2D eigenvalue weighted by Crippen LogP contribution is -2.36. The van der Waals surface area contributed by atoms with Crippen LogP contribution in [0, 0.1) is 11.8 Å². The SMILES string of the molecule is CCN(CCC1CCN(CCC(=O)O)CC1)CC(C)C.